The van der Waals surface area contributed by atoms with E-state index in [1.807, 2.05) is 0 Å². The molecular formula is C9H20N2O. The molecule has 0 aliphatic heterocycles. The summed E-state index contributed by atoms with van der Waals surface area (Å²) in [6.45, 7) is 8.25. The average molecular weight is 172 g/mol. The molecule has 0 fully saturated rings. The maximum absolute atomic E-state index is 9.87. The summed E-state index contributed by atoms with van der Waals surface area (Å²) in [5, 5.41) is 6.02. The van der Waals surface area contributed by atoms with Crippen LogP contribution < -0.4 is 10.6 Å². The Morgan fingerprint density at radius 3 is 2.25 bits per heavy atom. The maximum atomic E-state index is 9.87. The number of nitrogens with one attached hydrogen (secondary N) is 2. The Hall–Kier alpha value is -0.570. The zero-order valence-electron chi connectivity index (χ0n) is 8.31. The molecule has 0 saturated carbocycles. The van der Waals surface area contributed by atoms with E-state index < -0.39 is 0 Å². The van der Waals surface area contributed by atoms with Crippen molar-refractivity contribution in [2.45, 2.75) is 39.2 Å². The number of carbonyl (C=O) groups excluding carboxylic acids is 1. The van der Waals surface area contributed by atoms with Gasteiger partial charge in [0.25, 0.3) is 0 Å². The van der Waals surface area contributed by atoms with Crippen molar-refractivity contribution >= 4 is 6.41 Å². The number of carbonyl (C=O) groups is 1. The van der Waals surface area contributed by atoms with Crippen molar-refractivity contribution in [2.24, 2.45) is 0 Å². The molecule has 0 aromatic heterocycles. The number of hydrogen-bond donors (Lipinski definition) is 2. The molecule has 1 amide bonds. The van der Waals surface area contributed by atoms with Gasteiger partial charge in [0, 0.05) is 12.1 Å². The van der Waals surface area contributed by atoms with Gasteiger partial charge in [-0.05, 0) is 40.2 Å². The lowest BCUT2D eigenvalue weighted by atomic mass is 10.1. The Labute approximate surface area is 74.9 Å². The Kier molecular flexibility index (Phi) is 5.72. The van der Waals surface area contributed by atoms with E-state index in [1.54, 1.807) is 0 Å². The topological polar surface area (TPSA) is 41.1 Å². The Morgan fingerprint density at radius 2 is 1.75 bits per heavy atom. The van der Waals surface area contributed by atoms with E-state index >= 15 is 0 Å². The highest BCUT2D eigenvalue weighted by Gasteiger charge is 2.06. The summed E-state index contributed by atoms with van der Waals surface area (Å²) >= 11 is 0. The van der Waals surface area contributed by atoms with Gasteiger partial charge in [-0.2, -0.15) is 0 Å². The SMILES string of the molecule is CC(C)(C)NCCCCNC=O. The molecule has 0 aliphatic rings. The molecule has 12 heavy (non-hydrogen) atoms. The summed E-state index contributed by atoms with van der Waals surface area (Å²) in [7, 11) is 0. The molecule has 0 radical (unpaired) electrons. The molecule has 0 aromatic rings. The molecule has 0 heterocycles. The Balaban J connectivity index is 3.06. The summed E-state index contributed by atoms with van der Waals surface area (Å²) in [5.74, 6) is 0. The van der Waals surface area contributed by atoms with Crippen LogP contribution in [0.4, 0.5) is 0 Å². The second-order valence-electron chi connectivity index (χ2n) is 3.96. The van der Waals surface area contributed by atoms with Gasteiger partial charge in [0.1, 0.15) is 0 Å². The number of hydrogen-bond acceptors (Lipinski definition) is 2. The Bertz CT molecular complexity index is 118. The summed E-state index contributed by atoms with van der Waals surface area (Å²) in [4.78, 5) is 9.87. The minimum atomic E-state index is 0.206. The van der Waals surface area contributed by atoms with E-state index in [9.17, 15) is 4.79 Å². The largest absolute Gasteiger partial charge is 0.359 e. The molecule has 0 aromatic carbocycles. The van der Waals surface area contributed by atoms with Crippen molar-refractivity contribution in [3.63, 3.8) is 0 Å². The summed E-state index contributed by atoms with van der Waals surface area (Å²) in [6, 6.07) is 0. The summed E-state index contributed by atoms with van der Waals surface area (Å²) in [6.07, 6.45) is 2.90. The van der Waals surface area contributed by atoms with Crippen molar-refractivity contribution in [3.8, 4) is 0 Å². The first kappa shape index (κ1) is 11.4. The maximum Gasteiger partial charge on any atom is 0.207 e. The third-order valence-corrected chi connectivity index (χ3v) is 1.49. The predicted molar refractivity (Wildman–Crippen MR) is 51.1 cm³/mol. The van der Waals surface area contributed by atoms with Crippen LogP contribution in [0.25, 0.3) is 0 Å². The zero-order valence-corrected chi connectivity index (χ0v) is 8.31. The number of amides is 1. The molecule has 72 valence electrons. The molecule has 2 N–H and O–H groups in total. The molecule has 0 rings (SSSR count). The first-order chi connectivity index (χ1) is 5.56. The molecular weight excluding hydrogens is 152 g/mol. The van der Waals surface area contributed by atoms with Crippen LogP contribution >= 0.6 is 0 Å². The molecule has 0 atom stereocenters. The van der Waals surface area contributed by atoms with Gasteiger partial charge in [0.2, 0.25) is 6.41 Å². The second kappa shape index (κ2) is 6.00. The first-order valence-corrected chi connectivity index (χ1v) is 4.48. The van der Waals surface area contributed by atoms with Gasteiger partial charge in [-0.25, -0.2) is 0 Å². The standard InChI is InChI=1S/C9H20N2O/c1-9(2,3)11-7-5-4-6-10-8-12/h8,11H,4-7H2,1-3H3,(H,10,12). The Morgan fingerprint density at radius 1 is 1.17 bits per heavy atom. The quantitative estimate of drug-likeness (QED) is 0.461. The van der Waals surface area contributed by atoms with E-state index in [4.69, 9.17) is 0 Å². The van der Waals surface area contributed by atoms with Crippen LogP contribution in [0.3, 0.4) is 0 Å². The van der Waals surface area contributed by atoms with Gasteiger partial charge in [-0.15, -0.1) is 0 Å². The molecule has 0 spiro atoms. The van der Waals surface area contributed by atoms with Gasteiger partial charge in [-0.3, -0.25) is 4.79 Å². The average Bonchev–Trinajstić information content (AvgIpc) is 1.94. The van der Waals surface area contributed by atoms with Crippen LogP contribution in [-0.4, -0.2) is 25.0 Å². The van der Waals surface area contributed by atoms with Crippen LogP contribution in [-0.2, 0) is 4.79 Å². The first-order valence-electron chi connectivity index (χ1n) is 4.48. The van der Waals surface area contributed by atoms with E-state index in [1.165, 1.54) is 0 Å². The molecule has 3 heteroatoms. The minimum absolute atomic E-state index is 0.206. The van der Waals surface area contributed by atoms with Crippen molar-refractivity contribution < 1.29 is 4.79 Å². The number of rotatable bonds is 6. The van der Waals surface area contributed by atoms with Gasteiger partial charge < -0.3 is 10.6 Å². The van der Waals surface area contributed by atoms with Crippen molar-refractivity contribution in [1.29, 1.82) is 0 Å². The van der Waals surface area contributed by atoms with E-state index in [0.717, 1.165) is 32.3 Å². The predicted octanol–water partition coefficient (Wildman–Crippen LogP) is 0.901. The smallest absolute Gasteiger partial charge is 0.207 e. The third-order valence-electron chi connectivity index (χ3n) is 1.49. The van der Waals surface area contributed by atoms with Gasteiger partial charge in [0.15, 0.2) is 0 Å². The highest BCUT2D eigenvalue weighted by atomic mass is 16.1. The second-order valence-corrected chi connectivity index (χ2v) is 3.96. The van der Waals surface area contributed by atoms with E-state index in [-0.39, 0.29) is 5.54 Å². The highest BCUT2D eigenvalue weighted by molar-refractivity contribution is 5.45. The molecule has 0 aliphatic carbocycles. The van der Waals surface area contributed by atoms with Crippen LogP contribution in [0.5, 0.6) is 0 Å². The van der Waals surface area contributed by atoms with E-state index in [0.29, 0.717) is 0 Å². The van der Waals surface area contributed by atoms with Crippen LogP contribution in [0.1, 0.15) is 33.6 Å². The lowest BCUT2D eigenvalue weighted by Gasteiger charge is -2.20. The normalized spacial score (nSPS) is 11.2. The number of unbranched alkanes of at least 4 members (excludes halogenated alkanes) is 1. The van der Waals surface area contributed by atoms with E-state index in [2.05, 4.69) is 31.4 Å². The molecule has 0 bridgehead atoms. The van der Waals surface area contributed by atoms with Crippen molar-refractivity contribution in [3.05, 3.63) is 0 Å². The summed E-state index contributed by atoms with van der Waals surface area (Å²) in [5.41, 5.74) is 0.206. The minimum Gasteiger partial charge on any atom is -0.359 e. The molecule has 0 saturated heterocycles. The molecule has 0 unspecified atom stereocenters. The lowest BCUT2D eigenvalue weighted by Crippen LogP contribution is -2.36. The fourth-order valence-corrected chi connectivity index (χ4v) is 0.874. The third kappa shape index (κ3) is 9.43. The summed E-state index contributed by atoms with van der Waals surface area (Å²) < 4.78 is 0. The van der Waals surface area contributed by atoms with Gasteiger partial charge >= 0.3 is 0 Å². The van der Waals surface area contributed by atoms with Crippen LogP contribution in [0.2, 0.25) is 0 Å². The fourth-order valence-electron chi connectivity index (χ4n) is 0.874. The zero-order chi connectivity index (χ0) is 9.45. The molecule has 3 nitrogen and oxygen atoms in total. The van der Waals surface area contributed by atoms with Gasteiger partial charge in [-0.1, -0.05) is 0 Å². The van der Waals surface area contributed by atoms with Gasteiger partial charge in [0.05, 0.1) is 0 Å². The van der Waals surface area contributed by atoms with Crippen LogP contribution in [0.15, 0.2) is 0 Å². The van der Waals surface area contributed by atoms with Crippen molar-refractivity contribution in [2.75, 3.05) is 13.1 Å². The fraction of sp³-hybridized carbons (Fsp3) is 0.889. The van der Waals surface area contributed by atoms with Crippen LogP contribution in [0, 0.1) is 0 Å². The monoisotopic (exact) mass is 172 g/mol. The van der Waals surface area contributed by atoms with Crippen molar-refractivity contribution in [1.82, 2.24) is 10.6 Å². The lowest BCUT2D eigenvalue weighted by molar-refractivity contribution is -0.109. The highest BCUT2D eigenvalue weighted by Crippen LogP contribution is 1.98.